The summed E-state index contributed by atoms with van der Waals surface area (Å²) in [6.45, 7) is 7.56. The normalized spacial score (nSPS) is 13.0. The summed E-state index contributed by atoms with van der Waals surface area (Å²) in [4.78, 5) is 0. The average Bonchev–Trinajstić information content (AvgIpc) is 2.50. The molecule has 0 aliphatic carbocycles. The van der Waals surface area contributed by atoms with Gasteiger partial charge in [0.05, 0.1) is 6.07 Å². The molecule has 110 valence electrons. The van der Waals surface area contributed by atoms with Crippen LogP contribution in [0.5, 0.6) is 0 Å². The van der Waals surface area contributed by atoms with Crippen molar-refractivity contribution in [2.24, 2.45) is 5.41 Å². The van der Waals surface area contributed by atoms with E-state index >= 15 is 0 Å². The number of nitriles is 1. The van der Waals surface area contributed by atoms with Gasteiger partial charge in [-0.15, -0.1) is 0 Å². The molecule has 0 radical (unpaired) electrons. The van der Waals surface area contributed by atoms with Gasteiger partial charge < -0.3 is 5.32 Å². The highest BCUT2D eigenvalue weighted by molar-refractivity contribution is 5.86. The molecule has 0 aliphatic heterocycles. The molecule has 1 N–H and O–H groups in total. The lowest BCUT2D eigenvalue weighted by molar-refractivity contribution is 0.305. The molecule has 2 rings (SSSR count). The lowest BCUT2D eigenvalue weighted by Crippen LogP contribution is -2.31. The highest BCUT2D eigenvalue weighted by Crippen LogP contribution is 2.26. The SMILES string of the molecule is CC(NCC(C)(C)CCC#N)c1cccc2ccccc12. The van der Waals surface area contributed by atoms with Gasteiger partial charge in [0.1, 0.15) is 0 Å². The minimum Gasteiger partial charge on any atom is -0.310 e. The van der Waals surface area contributed by atoms with Crippen LogP contribution in [0.25, 0.3) is 10.8 Å². The van der Waals surface area contributed by atoms with Crippen molar-refractivity contribution in [3.05, 3.63) is 48.0 Å². The van der Waals surface area contributed by atoms with E-state index in [1.807, 2.05) is 0 Å². The molecule has 0 fully saturated rings. The number of rotatable bonds is 6. The van der Waals surface area contributed by atoms with Crippen molar-refractivity contribution in [1.29, 1.82) is 5.26 Å². The predicted octanol–water partition coefficient (Wildman–Crippen LogP) is 4.82. The summed E-state index contributed by atoms with van der Waals surface area (Å²) >= 11 is 0. The maximum atomic E-state index is 8.73. The molecule has 0 spiro atoms. The summed E-state index contributed by atoms with van der Waals surface area (Å²) in [6, 6.07) is 17.5. The Labute approximate surface area is 127 Å². The van der Waals surface area contributed by atoms with Gasteiger partial charge in [0.2, 0.25) is 0 Å². The lowest BCUT2D eigenvalue weighted by atomic mass is 9.87. The van der Waals surface area contributed by atoms with Crippen LogP contribution in [0.3, 0.4) is 0 Å². The Morgan fingerprint density at radius 1 is 1.14 bits per heavy atom. The number of fused-ring (bicyclic) bond motifs is 1. The zero-order chi connectivity index (χ0) is 15.3. The van der Waals surface area contributed by atoms with E-state index in [1.54, 1.807) is 0 Å². The molecule has 0 saturated heterocycles. The van der Waals surface area contributed by atoms with Crippen molar-refractivity contribution < 1.29 is 0 Å². The fourth-order valence-electron chi connectivity index (χ4n) is 2.65. The van der Waals surface area contributed by atoms with Crippen LogP contribution >= 0.6 is 0 Å². The molecule has 1 unspecified atom stereocenters. The molecule has 2 aromatic rings. The quantitative estimate of drug-likeness (QED) is 0.823. The fourth-order valence-corrected chi connectivity index (χ4v) is 2.65. The third-order valence-electron chi connectivity index (χ3n) is 4.09. The first kappa shape index (κ1) is 15.5. The van der Waals surface area contributed by atoms with Crippen molar-refractivity contribution in [3.8, 4) is 6.07 Å². The van der Waals surface area contributed by atoms with E-state index in [4.69, 9.17) is 5.26 Å². The fraction of sp³-hybridized carbons (Fsp3) is 0.421. The number of hydrogen-bond acceptors (Lipinski definition) is 2. The van der Waals surface area contributed by atoms with Gasteiger partial charge in [-0.25, -0.2) is 0 Å². The van der Waals surface area contributed by atoms with E-state index in [0.29, 0.717) is 12.5 Å². The van der Waals surface area contributed by atoms with E-state index in [1.165, 1.54) is 16.3 Å². The van der Waals surface area contributed by atoms with Crippen LogP contribution in [0.4, 0.5) is 0 Å². The van der Waals surface area contributed by atoms with Crippen LogP contribution in [-0.2, 0) is 0 Å². The molecule has 21 heavy (non-hydrogen) atoms. The first-order chi connectivity index (χ1) is 10.0. The van der Waals surface area contributed by atoms with Gasteiger partial charge in [0.25, 0.3) is 0 Å². The average molecular weight is 280 g/mol. The van der Waals surface area contributed by atoms with Gasteiger partial charge in [0.15, 0.2) is 0 Å². The first-order valence-corrected chi connectivity index (χ1v) is 7.61. The molecule has 2 nitrogen and oxygen atoms in total. The van der Waals surface area contributed by atoms with Crippen molar-refractivity contribution in [2.75, 3.05) is 6.54 Å². The van der Waals surface area contributed by atoms with E-state index in [2.05, 4.69) is 74.6 Å². The Morgan fingerprint density at radius 2 is 1.86 bits per heavy atom. The topological polar surface area (TPSA) is 35.8 Å². The highest BCUT2D eigenvalue weighted by atomic mass is 14.9. The molecule has 0 heterocycles. The molecular weight excluding hydrogens is 256 g/mol. The van der Waals surface area contributed by atoms with Gasteiger partial charge in [-0.3, -0.25) is 0 Å². The van der Waals surface area contributed by atoms with Crippen LogP contribution < -0.4 is 5.32 Å². The van der Waals surface area contributed by atoms with E-state index in [-0.39, 0.29) is 5.41 Å². The van der Waals surface area contributed by atoms with Crippen LogP contribution in [-0.4, -0.2) is 6.54 Å². The molecule has 1 atom stereocenters. The maximum absolute atomic E-state index is 8.73. The summed E-state index contributed by atoms with van der Waals surface area (Å²) in [5, 5.41) is 15.0. The third kappa shape index (κ3) is 4.06. The standard InChI is InChI=1S/C19H24N2/c1-15(21-14-19(2,3)12-7-13-20)17-11-6-9-16-8-4-5-10-18(16)17/h4-6,8-11,15,21H,7,12,14H2,1-3H3. The van der Waals surface area contributed by atoms with Gasteiger partial charge in [-0.05, 0) is 35.1 Å². The Bertz CT molecular complexity index is 632. The van der Waals surface area contributed by atoms with E-state index in [0.717, 1.165) is 13.0 Å². The minimum atomic E-state index is 0.147. The number of nitrogens with one attached hydrogen (secondary N) is 1. The summed E-state index contributed by atoms with van der Waals surface area (Å²) in [5.41, 5.74) is 1.48. The third-order valence-corrected chi connectivity index (χ3v) is 4.09. The van der Waals surface area contributed by atoms with Gasteiger partial charge in [-0.2, -0.15) is 5.26 Å². The van der Waals surface area contributed by atoms with Crippen LogP contribution in [0, 0.1) is 16.7 Å². The van der Waals surface area contributed by atoms with Crippen LogP contribution in [0.1, 0.15) is 45.2 Å². The van der Waals surface area contributed by atoms with Crippen LogP contribution in [0.2, 0.25) is 0 Å². The summed E-state index contributed by atoms with van der Waals surface area (Å²) in [5.74, 6) is 0. The summed E-state index contributed by atoms with van der Waals surface area (Å²) in [7, 11) is 0. The molecule has 0 aliphatic rings. The summed E-state index contributed by atoms with van der Waals surface area (Å²) < 4.78 is 0. The monoisotopic (exact) mass is 280 g/mol. The Kier molecular flexibility index (Phi) is 4.98. The Morgan fingerprint density at radius 3 is 2.62 bits per heavy atom. The van der Waals surface area contributed by atoms with Gasteiger partial charge >= 0.3 is 0 Å². The second-order valence-electron chi connectivity index (χ2n) is 6.49. The van der Waals surface area contributed by atoms with Crippen molar-refractivity contribution in [3.63, 3.8) is 0 Å². The molecule has 0 bridgehead atoms. The van der Waals surface area contributed by atoms with Gasteiger partial charge in [-0.1, -0.05) is 56.3 Å². The Balaban J connectivity index is 2.09. The van der Waals surface area contributed by atoms with E-state index in [9.17, 15) is 0 Å². The molecule has 0 amide bonds. The molecule has 2 aromatic carbocycles. The molecule has 2 heteroatoms. The number of benzene rings is 2. The smallest absolute Gasteiger partial charge is 0.0621 e. The Hall–Kier alpha value is -1.85. The molecule has 0 saturated carbocycles. The molecular formula is C19H24N2. The zero-order valence-corrected chi connectivity index (χ0v) is 13.2. The predicted molar refractivity (Wildman–Crippen MR) is 89.0 cm³/mol. The lowest BCUT2D eigenvalue weighted by Gasteiger charge is -2.27. The number of nitrogens with zero attached hydrogens (tertiary/aromatic N) is 1. The van der Waals surface area contributed by atoms with Crippen LogP contribution in [0.15, 0.2) is 42.5 Å². The van der Waals surface area contributed by atoms with Crippen molar-refractivity contribution >= 4 is 10.8 Å². The minimum absolute atomic E-state index is 0.147. The summed E-state index contributed by atoms with van der Waals surface area (Å²) in [6.07, 6.45) is 1.55. The highest BCUT2D eigenvalue weighted by Gasteiger charge is 2.19. The van der Waals surface area contributed by atoms with Crippen molar-refractivity contribution in [1.82, 2.24) is 5.32 Å². The van der Waals surface area contributed by atoms with E-state index < -0.39 is 0 Å². The number of hydrogen-bond donors (Lipinski definition) is 1. The second-order valence-corrected chi connectivity index (χ2v) is 6.49. The maximum Gasteiger partial charge on any atom is 0.0621 e. The zero-order valence-electron chi connectivity index (χ0n) is 13.2. The van der Waals surface area contributed by atoms with Gasteiger partial charge in [0, 0.05) is 19.0 Å². The first-order valence-electron chi connectivity index (χ1n) is 7.61. The second kappa shape index (κ2) is 6.74. The van der Waals surface area contributed by atoms with Crippen molar-refractivity contribution in [2.45, 2.75) is 39.7 Å². The molecule has 0 aromatic heterocycles. The largest absolute Gasteiger partial charge is 0.310 e.